The number of likely N-dealkylation sites (tertiary alicyclic amines) is 1. The highest BCUT2D eigenvalue weighted by Crippen LogP contribution is 2.12. The maximum atomic E-state index is 12.4. The lowest BCUT2D eigenvalue weighted by Crippen LogP contribution is -2.58. The van der Waals surface area contributed by atoms with Crippen LogP contribution in [0.2, 0.25) is 0 Å². The summed E-state index contributed by atoms with van der Waals surface area (Å²) in [4.78, 5) is 44.1. The van der Waals surface area contributed by atoms with Crippen LogP contribution < -0.4 is 5.32 Å². The number of piperidine rings is 1. The Morgan fingerprint density at radius 2 is 1.84 bits per heavy atom. The number of nitrogens with zero attached hydrogens (tertiary/aromatic N) is 3. The number of carbonyl (C=O) groups excluding carboxylic acids is 3. The van der Waals surface area contributed by atoms with Crippen molar-refractivity contribution in [3.05, 3.63) is 0 Å². The normalized spacial score (nSPS) is 22.7. The van der Waals surface area contributed by atoms with E-state index in [-0.39, 0.29) is 0 Å². The Morgan fingerprint density at radius 1 is 1.08 bits per heavy atom. The first kappa shape index (κ1) is 19.6. The molecule has 0 aromatic heterocycles. The number of amides is 4. The molecule has 2 saturated heterocycles. The number of imide groups is 2. The number of nitrogens with one attached hydrogen (secondary N) is 1. The molecule has 2 aliphatic heterocycles. The van der Waals surface area contributed by atoms with E-state index in [1.54, 1.807) is 0 Å². The Kier molecular flexibility index (Phi) is 8.04. The van der Waals surface area contributed by atoms with Crippen molar-refractivity contribution in [2.75, 3.05) is 32.7 Å². The Morgan fingerprint density at radius 3 is 2.56 bits per heavy atom. The van der Waals surface area contributed by atoms with E-state index in [1.165, 1.54) is 25.5 Å². The van der Waals surface area contributed by atoms with E-state index >= 15 is 0 Å². The second-order valence-electron chi connectivity index (χ2n) is 6.78. The number of unbranched alkanes of at least 4 members (excludes halogenated alkanes) is 3. The molecule has 140 valence electrons. The van der Waals surface area contributed by atoms with E-state index in [1.807, 2.05) is 0 Å². The number of aliphatic imine (C=N–C) groups is 1. The summed E-state index contributed by atoms with van der Waals surface area (Å²) in [6.07, 6.45) is 9.04. The minimum absolute atomic E-state index is 0.357. The number of carbonyl (C=O) groups is 3. The molecule has 1 atom stereocenters. The molecule has 2 heterocycles. The van der Waals surface area contributed by atoms with Gasteiger partial charge in [-0.05, 0) is 32.4 Å². The number of barbiturate groups is 1. The van der Waals surface area contributed by atoms with Crippen molar-refractivity contribution in [2.45, 2.75) is 51.9 Å². The molecule has 2 fully saturated rings. The number of urea groups is 1. The van der Waals surface area contributed by atoms with E-state index in [0.717, 1.165) is 50.2 Å². The van der Waals surface area contributed by atoms with Crippen LogP contribution >= 0.6 is 0 Å². The summed E-state index contributed by atoms with van der Waals surface area (Å²) in [5.41, 5.74) is 0. The molecule has 0 aliphatic carbocycles. The van der Waals surface area contributed by atoms with Gasteiger partial charge in [0.05, 0.1) is 6.54 Å². The fourth-order valence-electron chi connectivity index (χ4n) is 3.23. The van der Waals surface area contributed by atoms with Crippen molar-refractivity contribution < 1.29 is 14.4 Å². The predicted molar refractivity (Wildman–Crippen MR) is 96.5 cm³/mol. The van der Waals surface area contributed by atoms with Gasteiger partial charge in [-0.2, -0.15) is 0 Å². The lowest BCUT2D eigenvalue weighted by Gasteiger charge is -2.28. The first-order chi connectivity index (χ1) is 12.1. The van der Waals surface area contributed by atoms with Crippen LogP contribution in [0.5, 0.6) is 0 Å². The van der Waals surface area contributed by atoms with Gasteiger partial charge in [-0.3, -0.25) is 24.8 Å². The molecule has 0 aromatic rings. The van der Waals surface area contributed by atoms with Gasteiger partial charge in [0, 0.05) is 19.3 Å². The molecule has 0 unspecified atom stereocenters. The Hall–Kier alpha value is -1.76. The molecule has 0 saturated carbocycles. The van der Waals surface area contributed by atoms with Crippen molar-refractivity contribution >= 4 is 24.1 Å². The Labute approximate surface area is 149 Å². The molecular formula is C18H30N4O3. The summed E-state index contributed by atoms with van der Waals surface area (Å²) in [5.74, 6) is -2.00. The average molecular weight is 350 g/mol. The predicted octanol–water partition coefficient (Wildman–Crippen LogP) is 1.82. The first-order valence-electron chi connectivity index (χ1n) is 9.52. The van der Waals surface area contributed by atoms with Crippen molar-refractivity contribution in [2.24, 2.45) is 10.9 Å². The van der Waals surface area contributed by atoms with Gasteiger partial charge < -0.3 is 4.90 Å². The molecule has 4 amide bonds. The lowest BCUT2D eigenvalue weighted by molar-refractivity contribution is -0.139. The van der Waals surface area contributed by atoms with Crippen molar-refractivity contribution in [1.29, 1.82) is 0 Å². The molecule has 2 aliphatic rings. The minimum atomic E-state index is -0.981. The highest BCUT2D eigenvalue weighted by molar-refractivity contribution is 6.23. The quantitative estimate of drug-likeness (QED) is 0.391. The zero-order valence-corrected chi connectivity index (χ0v) is 15.2. The topological polar surface area (TPSA) is 82.1 Å². The summed E-state index contributed by atoms with van der Waals surface area (Å²) in [6, 6.07) is -0.607. The van der Waals surface area contributed by atoms with Crippen LogP contribution in [0, 0.1) is 5.92 Å². The van der Waals surface area contributed by atoms with Crippen LogP contribution in [0.3, 0.4) is 0 Å². The Bertz CT molecular complexity index is 501. The van der Waals surface area contributed by atoms with Crippen LogP contribution in [-0.2, 0) is 9.59 Å². The zero-order valence-electron chi connectivity index (χ0n) is 15.2. The van der Waals surface area contributed by atoms with E-state index in [2.05, 4.69) is 22.1 Å². The van der Waals surface area contributed by atoms with E-state index in [4.69, 9.17) is 0 Å². The lowest BCUT2D eigenvalue weighted by atomic mass is 10.1. The largest absolute Gasteiger partial charge is 0.330 e. The SMILES string of the molecule is CCCCCCN1C(=O)NC(=O)[C@H](C=NCCN2CCCCC2)C1=O. The van der Waals surface area contributed by atoms with Gasteiger partial charge in [-0.25, -0.2) is 4.79 Å². The van der Waals surface area contributed by atoms with Gasteiger partial charge in [0.15, 0.2) is 5.92 Å². The van der Waals surface area contributed by atoms with Gasteiger partial charge in [0.25, 0.3) is 0 Å². The Balaban J connectivity index is 1.82. The van der Waals surface area contributed by atoms with E-state index in [0.29, 0.717) is 13.1 Å². The second-order valence-corrected chi connectivity index (χ2v) is 6.78. The summed E-state index contributed by atoms with van der Waals surface area (Å²) >= 11 is 0. The smallest absolute Gasteiger partial charge is 0.302 e. The average Bonchev–Trinajstić information content (AvgIpc) is 2.61. The van der Waals surface area contributed by atoms with Crippen molar-refractivity contribution in [3.63, 3.8) is 0 Å². The fourth-order valence-corrected chi connectivity index (χ4v) is 3.23. The molecule has 7 heteroatoms. The number of hydrogen-bond acceptors (Lipinski definition) is 5. The highest BCUT2D eigenvalue weighted by atomic mass is 16.2. The minimum Gasteiger partial charge on any atom is -0.302 e. The third-order valence-corrected chi connectivity index (χ3v) is 4.77. The van der Waals surface area contributed by atoms with Crippen LogP contribution in [0.15, 0.2) is 4.99 Å². The highest BCUT2D eigenvalue weighted by Gasteiger charge is 2.39. The van der Waals surface area contributed by atoms with Gasteiger partial charge in [-0.15, -0.1) is 0 Å². The van der Waals surface area contributed by atoms with Crippen LogP contribution in [0.25, 0.3) is 0 Å². The van der Waals surface area contributed by atoms with Gasteiger partial charge in [0.2, 0.25) is 11.8 Å². The third-order valence-electron chi connectivity index (χ3n) is 4.77. The molecule has 7 nitrogen and oxygen atoms in total. The summed E-state index contributed by atoms with van der Waals surface area (Å²) < 4.78 is 0. The third kappa shape index (κ3) is 5.92. The maximum Gasteiger partial charge on any atom is 0.330 e. The van der Waals surface area contributed by atoms with Gasteiger partial charge in [0.1, 0.15) is 0 Å². The number of rotatable bonds is 9. The molecular weight excluding hydrogens is 320 g/mol. The van der Waals surface area contributed by atoms with Gasteiger partial charge in [-0.1, -0.05) is 32.6 Å². The standard InChI is InChI=1S/C18H30N4O3/c1-2-3-4-8-12-22-17(24)15(16(23)20-18(22)25)14-19-9-13-21-10-6-5-7-11-21/h14-15H,2-13H2,1H3,(H,20,23,25)/t15-/m0/s1. The van der Waals surface area contributed by atoms with Crippen molar-refractivity contribution in [1.82, 2.24) is 15.1 Å². The molecule has 0 spiro atoms. The summed E-state index contributed by atoms with van der Waals surface area (Å²) in [7, 11) is 0. The monoisotopic (exact) mass is 350 g/mol. The molecule has 0 bridgehead atoms. The molecule has 2 rings (SSSR count). The molecule has 0 aromatic carbocycles. The molecule has 0 radical (unpaired) electrons. The van der Waals surface area contributed by atoms with Crippen LogP contribution in [0.4, 0.5) is 4.79 Å². The van der Waals surface area contributed by atoms with Crippen LogP contribution in [0.1, 0.15) is 51.9 Å². The maximum absolute atomic E-state index is 12.4. The molecule has 1 N–H and O–H groups in total. The van der Waals surface area contributed by atoms with E-state index in [9.17, 15) is 14.4 Å². The molecule has 25 heavy (non-hydrogen) atoms. The number of hydrogen-bond donors (Lipinski definition) is 1. The first-order valence-corrected chi connectivity index (χ1v) is 9.52. The van der Waals surface area contributed by atoms with Crippen molar-refractivity contribution in [3.8, 4) is 0 Å². The van der Waals surface area contributed by atoms with E-state index < -0.39 is 23.8 Å². The summed E-state index contributed by atoms with van der Waals surface area (Å²) in [5, 5.41) is 2.27. The summed E-state index contributed by atoms with van der Waals surface area (Å²) in [6.45, 7) is 6.07. The van der Waals surface area contributed by atoms with Crippen LogP contribution in [-0.4, -0.2) is 66.6 Å². The fraction of sp³-hybridized carbons (Fsp3) is 0.778. The second kappa shape index (κ2) is 10.3. The zero-order chi connectivity index (χ0) is 18.1. The van der Waals surface area contributed by atoms with Gasteiger partial charge >= 0.3 is 6.03 Å².